The van der Waals surface area contributed by atoms with Gasteiger partial charge in [0.2, 0.25) is 0 Å². The minimum absolute atomic E-state index is 0.775. The van der Waals surface area contributed by atoms with Crippen molar-refractivity contribution >= 4 is 63.6 Å². The summed E-state index contributed by atoms with van der Waals surface area (Å²) < 4.78 is 0. The summed E-state index contributed by atoms with van der Waals surface area (Å²) in [5, 5.41) is 0. The molecule has 0 spiro atoms. The van der Waals surface area contributed by atoms with Crippen molar-refractivity contribution in [2.75, 3.05) is 17.3 Å². The molecule has 0 radical (unpaired) electrons. The lowest BCUT2D eigenvalue weighted by Gasteiger charge is -2.05. The predicted molar refractivity (Wildman–Crippen MR) is 63.9 cm³/mol. The molecule has 0 rings (SSSR count). The van der Waals surface area contributed by atoms with Crippen molar-refractivity contribution in [3.05, 3.63) is 0 Å². The van der Waals surface area contributed by atoms with Gasteiger partial charge >= 0.3 is 6.00 Å². The lowest BCUT2D eigenvalue weighted by atomic mass is 10.6. The summed E-state index contributed by atoms with van der Waals surface area (Å²) in [4.78, 5) is 0. The maximum absolute atomic E-state index is 5.69. The van der Waals surface area contributed by atoms with Gasteiger partial charge in [-0.1, -0.05) is 0 Å². The van der Waals surface area contributed by atoms with Crippen molar-refractivity contribution < 1.29 is 0 Å². The zero-order chi connectivity index (χ0) is 8.74. The average Bonchev–Trinajstić information content (AvgIpc) is 1.85. The van der Waals surface area contributed by atoms with Crippen molar-refractivity contribution in [3.63, 3.8) is 0 Å². The van der Waals surface area contributed by atoms with Crippen LogP contribution in [0.3, 0.4) is 0 Å². The van der Waals surface area contributed by atoms with Crippen LogP contribution in [0.5, 0.6) is 0 Å². The molecule has 0 aliphatic carbocycles. The molecule has 0 fully saturated rings. The minimum Gasteiger partial charge on any atom is -0.179 e. The fourth-order valence-corrected chi connectivity index (χ4v) is 3.65. The van der Waals surface area contributed by atoms with Crippen LogP contribution in [-0.4, -0.2) is 23.3 Å². The standard InChI is InChI=1S/C5H11Cl3S2Si/c6-11(7,8)5-1-3-10-4-2-9/h9H,1-5H2. The van der Waals surface area contributed by atoms with Crippen molar-refractivity contribution in [1.29, 1.82) is 0 Å². The smallest absolute Gasteiger partial charge is 0.179 e. The highest BCUT2D eigenvalue weighted by Gasteiger charge is 2.23. The molecule has 0 heterocycles. The van der Waals surface area contributed by atoms with E-state index in [1.165, 1.54) is 0 Å². The summed E-state index contributed by atoms with van der Waals surface area (Å²) in [7, 11) is 0. The van der Waals surface area contributed by atoms with Crippen LogP contribution >= 0.6 is 57.6 Å². The van der Waals surface area contributed by atoms with Gasteiger partial charge in [-0.05, 0) is 24.0 Å². The molecule has 0 bridgehead atoms. The first-order chi connectivity index (χ1) is 5.06. The Morgan fingerprint density at radius 2 is 1.82 bits per heavy atom. The third-order valence-corrected chi connectivity index (χ3v) is 5.20. The number of halogens is 3. The van der Waals surface area contributed by atoms with Gasteiger partial charge in [-0.3, -0.25) is 0 Å². The second-order valence-electron chi connectivity index (χ2n) is 2.05. The Bertz CT molecular complexity index is 96.2. The second kappa shape index (κ2) is 7.22. The summed E-state index contributed by atoms with van der Waals surface area (Å²) >= 11 is 23.0. The summed E-state index contributed by atoms with van der Waals surface area (Å²) in [5.41, 5.74) is 0. The normalized spacial score (nSPS) is 12.0. The number of rotatable bonds is 6. The van der Waals surface area contributed by atoms with E-state index in [-0.39, 0.29) is 0 Å². The van der Waals surface area contributed by atoms with Gasteiger partial charge in [0.25, 0.3) is 0 Å². The van der Waals surface area contributed by atoms with Crippen molar-refractivity contribution in [2.45, 2.75) is 12.5 Å². The molecule has 0 unspecified atom stereocenters. The predicted octanol–water partition coefficient (Wildman–Crippen LogP) is 3.69. The highest BCUT2D eigenvalue weighted by Crippen LogP contribution is 2.27. The number of thiol groups is 1. The molecule has 0 aliphatic heterocycles. The second-order valence-corrected chi connectivity index (χ2v) is 13.0. The van der Waals surface area contributed by atoms with Gasteiger partial charge in [-0.2, -0.15) is 24.4 Å². The monoisotopic (exact) mass is 268 g/mol. The van der Waals surface area contributed by atoms with E-state index >= 15 is 0 Å². The van der Waals surface area contributed by atoms with Gasteiger partial charge in [-0.15, -0.1) is 33.2 Å². The third kappa shape index (κ3) is 11.8. The van der Waals surface area contributed by atoms with Crippen LogP contribution in [0.2, 0.25) is 6.04 Å². The zero-order valence-electron chi connectivity index (χ0n) is 6.02. The van der Waals surface area contributed by atoms with Crippen LogP contribution in [-0.2, 0) is 0 Å². The minimum atomic E-state index is -2.33. The van der Waals surface area contributed by atoms with Gasteiger partial charge in [0.1, 0.15) is 0 Å². The molecule has 0 aromatic heterocycles. The Kier molecular flexibility index (Phi) is 8.39. The van der Waals surface area contributed by atoms with E-state index in [1.807, 2.05) is 11.8 Å². The quantitative estimate of drug-likeness (QED) is 0.332. The van der Waals surface area contributed by atoms with E-state index in [4.69, 9.17) is 33.2 Å². The molecule has 68 valence electrons. The fraction of sp³-hybridized carbons (Fsp3) is 1.00. The van der Waals surface area contributed by atoms with E-state index in [0.29, 0.717) is 0 Å². The first kappa shape index (κ1) is 12.8. The number of hydrogen-bond acceptors (Lipinski definition) is 2. The van der Waals surface area contributed by atoms with Crippen LogP contribution in [0, 0.1) is 0 Å². The van der Waals surface area contributed by atoms with Gasteiger partial charge < -0.3 is 0 Å². The number of thioether (sulfide) groups is 1. The molecular formula is C5H11Cl3S2Si. The molecule has 0 aromatic rings. The van der Waals surface area contributed by atoms with Crippen LogP contribution in [0.25, 0.3) is 0 Å². The molecule has 0 saturated carbocycles. The van der Waals surface area contributed by atoms with Gasteiger partial charge in [0.05, 0.1) is 0 Å². The highest BCUT2D eigenvalue weighted by molar-refractivity contribution is 7.99. The van der Waals surface area contributed by atoms with Crippen LogP contribution < -0.4 is 0 Å². The summed E-state index contributed by atoms with van der Waals surface area (Å²) in [6.07, 6.45) is 1.02. The summed E-state index contributed by atoms with van der Waals surface area (Å²) in [5.74, 6) is 3.10. The Morgan fingerprint density at radius 1 is 1.18 bits per heavy atom. The molecular weight excluding hydrogens is 259 g/mol. The molecule has 0 saturated heterocycles. The molecule has 0 atom stereocenters. The molecule has 0 aromatic carbocycles. The highest BCUT2D eigenvalue weighted by atomic mass is 35.8. The lowest BCUT2D eigenvalue weighted by molar-refractivity contribution is 1.09. The maximum Gasteiger partial charge on any atom is 0.341 e. The fourth-order valence-electron chi connectivity index (χ4n) is 0.541. The molecule has 0 N–H and O–H groups in total. The summed E-state index contributed by atoms with van der Waals surface area (Å²) in [6, 6.07) is -1.56. The Labute approximate surface area is 92.9 Å². The molecule has 0 aliphatic rings. The van der Waals surface area contributed by atoms with Crippen LogP contribution in [0.1, 0.15) is 6.42 Å². The van der Waals surface area contributed by atoms with Gasteiger partial charge in [0, 0.05) is 5.75 Å². The topological polar surface area (TPSA) is 0 Å². The molecule has 11 heavy (non-hydrogen) atoms. The zero-order valence-corrected chi connectivity index (χ0v) is 11.0. The lowest BCUT2D eigenvalue weighted by Crippen LogP contribution is -2.08. The SMILES string of the molecule is SCCSCCC[Si](Cl)(Cl)Cl. The Hall–Kier alpha value is 1.79. The average molecular weight is 270 g/mol. The van der Waals surface area contributed by atoms with Gasteiger partial charge in [0.15, 0.2) is 0 Å². The summed E-state index contributed by atoms with van der Waals surface area (Å²) in [6.45, 7) is 0. The number of hydrogen-bond donors (Lipinski definition) is 1. The van der Waals surface area contributed by atoms with Crippen LogP contribution in [0.15, 0.2) is 0 Å². The van der Waals surface area contributed by atoms with Crippen LogP contribution in [0.4, 0.5) is 0 Å². The Balaban J connectivity index is 3.02. The van der Waals surface area contributed by atoms with Gasteiger partial charge in [-0.25, -0.2) is 0 Å². The molecule has 0 amide bonds. The van der Waals surface area contributed by atoms with Crippen molar-refractivity contribution in [3.8, 4) is 0 Å². The van der Waals surface area contributed by atoms with Crippen molar-refractivity contribution in [1.82, 2.24) is 0 Å². The van der Waals surface area contributed by atoms with E-state index in [0.717, 1.165) is 29.7 Å². The third-order valence-electron chi connectivity index (χ3n) is 0.985. The molecule has 6 heteroatoms. The van der Waals surface area contributed by atoms with E-state index < -0.39 is 6.00 Å². The van der Waals surface area contributed by atoms with E-state index in [2.05, 4.69) is 12.6 Å². The molecule has 0 nitrogen and oxygen atoms in total. The van der Waals surface area contributed by atoms with Crippen molar-refractivity contribution in [2.24, 2.45) is 0 Å². The first-order valence-electron chi connectivity index (χ1n) is 3.31. The Morgan fingerprint density at radius 3 is 2.27 bits per heavy atom. The van der Waals surface area contributed by atoms with E-state index in [9.17, 15) is 0 Å². The largest absolute Gasteiger partial charge is 0.341 e. The van der Waals surface area contributed by atoms with E-state index in [1.54, 1.807) is 0 Å². The maximum atomic E-state index is 5.69. The first-order valence-corrected chi connectivity index (χ1v) is 10.3.